The van der Waals surface area contributed by atoms with Gasteiger partial charge in [-0.05, 0) is 24.5 Å². The van der Waals surface area contributed by atoms with Crippen molar-refractivity contribution in [3.05, 3.63) is 0 Å². The lowest BCUT2D eigenvalue weighted by Crippen LogP contribution is -2.33. The Labute approximate surface area is 101 Å². The van der Waals surface area contributed by atoms with Crippen LogP contribution in [0.25, 0.3) is 0 Å². The van der Waals surface area contributed by atoms with E-state index in [1.807, 2.05) is 6.92 Å². The second-order valence-corrected chi connectivity index (χ2v) is 5.27. The van der Waals surface area contributed by atoms with Crippen LogP contribution in [0.1, 0.15) is 19.8 Å². The first-order chi connectivity index (χ1) is 7.72. The predicted molar refractivity (Wildman–Crippen MR) is 65.6 cm³/mol. The van der Waals surface area contributed by atoms with Crippen molar-refractivity contribution in [3.63, 3.8) is 0 Å². The van der Waals surface area contributed by atoms with Gasteiger partial charge in [-0.3, -0.25) is 4.79 Å². The van der Waals surface area contributed by atoms with E-state index in [-0.39, 0.29) is 24.5 Å². The SMILES string of the molecule is CC(CO)CSCC(=O)NCC1CCCO1. The zero-order valence-electron chi connectivity index (χ0n) is 9.78. The molecule has 4 nitrogen and oxygen atoms in total. The molecular formula is C11H21NO3S. The quantitative estimate of drug-likeness (QED) is 0.693. The minimum absolute atomic E-state index is 0.0608. The van der Waals surface area contributed by atoms with Crippen LogP contribution in [0.15, 0.2) is 0 Å². The van der Waals surface area contributed by atoms with Gasteiger partial charge in [-0.2, -0.15) is 11.8 Å². The number of hydrogen-bond acceptors (Lipinski definition) is 4. The van der Waals surface area contributed by atoms with Crippen molar-refractivity contribution in [2.24, 2.45) is 5.92 Å². The Bertz CT molecular complexity index is 207. The molecule has 1 amide bonds. The minimum Gasteiger partial charge on any atom is -0.396 e. The van der Waals surface area contributed by atoms with E-state index in [1.54, 1.807) is 11.8 Å². The molecule has 0 spiro atoms. The zero-order valence-corrected chi connectivity index (χ0v) is 10.6. The molecule has 2 N–H and O–H groups in total. The molecule has 0 aromatic heterocycles. The van der Waals surface area contributed by atoms with Gasteiger partial charge < -0.3 is 15.2 Å². The van der Waals surface area contributed by atoms with E-state index in [9.17, 15) is 4.79 Å². The molecule has 1 rings (SSSR count). The molecule has 16 heavy (non-hydrogen) atoms. The molecule has 0 saturated carbocycles. The second-order valence-electron chi connectivity index (χ2n) is 4.24. The fourth-order valence-corrected chi connectivity index (χ4v) is 2.40. The first kappa shape index (κ1) is 13.8. The average molecular weight is 247 g/mol. The van der Waals surface area contributed by atoms with Crippen LogP contribution in [0.5, 0.6) is 0 Å². The van der Waals surface area contributed by atoms with Crippen LogP contribution in [0.2, 0.25) is 0 Å². The van der Waals surface area contributed by atoms with E-state index < -0.39 is 0 Å². The number of hydrogen-bond donors (Lipinski definition) is 2. The van der Waals surface area contributed by atoms with Crippen molar-refractivity contribution in [3.8, 4) is 0 Å². The highest BCUT2D eigenvalue weighted by Crippen LogP contribution is 2.11. The Kier molecular flexibility index (Phi) is 6.84. The van der Waals surface area contributed by atoms with Crippen LogP contribution in [0.3, 0.4) is 0 Å². The van der Waals surface area contributed by atoms with Gasteiger partial charge in [-0.15, -0.1) is 0 Å². The number of aliphatic hydroxyl groups excluding tert-OH is 1. The molecule has 2 unspecified atom stereocenters. The van der Waals surface area contributed by atoms with Crippen LogP contribution >= 0.6 is 11.8 Å². The lowest BCUT2D eigenvalue weighted by Gasteiger charge is -2.11. The lowest BCUT2D eigenvalue weighted by atomic mass is 10.2. The smallest absolute Gasteiger partial charge is 0.230 e. The molecule has 0 aromatic carbocycles. The Morgan fingerprint density at radius 3 is 3.12 bits per heavy atom. The molecular weight excluding hydrogens is 226 g/mol. The van der Waals surface area contributed by atoms with Crippen molar-refractivity contribution in [1.29, 1.82) is 0 Å². The highest BCUT2D eigenvalue weighted by molar-refractivity contribution is 7.99. The summed E-state index contributed by atoms with van der Waals surface area (Å²) in [5, 5.41) is 11.7. The van der Waals surface area contributed by atoms with E-state index in [4.69, 9.17) is 9.84 Å². The fourth-order valence-electron chi connectivity index (χ4n) is 1.49. The number of ether oxygens (including phenoxy) is 1. The summed E-state index contributed by atoms with van der Waals surface area (Å²) in [5.74, 6) is 1.61. The first-order valence-corrected chi connectivity index (χ1v) is 6.94. The number of carbonyl (C=O) groups excluding carboxylic acids is 1. The monoisotopic (exact) mass is 247 g/mol. The van der Waals surface area contributed by atoms with E-state index in [2.05, 4.69) is 5.32 Å². The number of carbonyl (C=O) groups is 1. The van der Waals surface area contributed by atoms with Crippen molar-refractivity contribution in [2.75, 3.05) is 31.3 Å². The molecule has 1 saturated heterocycles. The summed E-state index contributed by atoms with van der Waals surface area (Å²) in [7, 11) is 0. The van der Waals surface area contributed by atoms with E-state index >= 15 is 0 Å². The molecule has 1 fully saturated rings. The van der Waals surface area contributed by atoms with Crippen molar-refractivity contribution >= 4 is 17.7 Å². The number of amides is 1. The highest BCUT2D eigenvalue weighted by atomic mass is 32.2. The highest BCUT2D eigenvalue weighted by Gasteiger charge is 2.15. The molecule has 0 aromatic rings. The summed E-state index contributed by atoms with van der Waals surface area (Å²) >= 11 is 1.56. The molecule has 0 radical (unpaired) electrons. The third-order valence-electron chi connectivity index (χ3n) is 2.50. The van der Waals surface area contributed by atoms with Gasteiger partial charge in [-0.1, -0.05) is 6.92 Å². The number of rotatable bonds is 7. The summed E-state index contributed by atoms with van der Waals surface area (Å²) in [6.07, 6.45) is 2.36. The molecule has 94 valence electrons. The van der Waals surface area contributed by atoms with Gasteiger partial charge in [-0.25, -0.2) is 0 Å². The number of aliphatic hydroxyl groups is 1. The van der Waals surface area contributed by atoms with Crippen LogP contribution in [-0.2, 0) is 9.53 Å². The van der Waals surface area contributed by atoms with Gasteiger partial charge in [0.1, 0.15) is 0 Å². The van der Waals surface area contributed by atoms with Crippen LogP contribution < -0.4 is 5.32 Å². The molecule has 1 aliphatic heterocycles. The fraction of sp³-hybridized carbons (Fsp3) is 0.909. The van der Waals surface area contributed by atoms with Crippen molar-refractivity contribution in [2.45, 2.75) is 25.9 Å². The molecule has 1 aliphatic rings. The Morgan fingerprint density at radius 1 is 1.69 bits per heavy atom. The van der Waals surface area contributed by atoms with E-state index in [0.717, 1.165) is 25.2 Å². The van der Waals surface area contributed by atoms with Crippen molar-refractivity contribution in [1.82, 2.24) is 5.32 Å². The summed E-state index contributed by atoms with van der Waals surface area (Å²) in [6.45, 7) is 3.61. The zero-order chi connectivity index (χ0) is 11.8. The summed E-state index contributed by atoms with van der Waals surface area (Å²) in [6, 6.07) is 0. The minimum atomic E-state index is 0.0608. The van der Waals surface area contributed by atoms with Gasteiger partial charge in [0, 0.05) is 19.8 Å². The van der Waals surface area contributed by atoms with E-state index in [0.29, 0.717) is 12.3 Å². The van der Waals surface area contributed by atoms with Gasteiger partial charge in [0.05, 0.1) is 11.9 Å². The Hall–Kier alpha value is -0.260. The van der Waals surface area contributed by atoms with Crippen LogP contribution in [-0.4, -0.2) is 48.4 Å². The predicted octanol–water partition coefficient (Wildman–Crippen LogP) is 0.643. The van der Waals surface area contributed by atoms with E-state index in [1.165, 1.54) is 0 Å². The number of nitrogens with one attached hydrogen (secondary N) is 1. The average Bonchev–Trinajstić information content (AvgIpc) is 2.79. The molecule has 1 heterocycles. The summed E-state index contributed by atoms with van der Waals surface area (Å²) < 4.78 is 5.41. The van der Waals surface area contributed by atoms with Gasteiger partial charge in [0.25, 0.3) is 0 Å². The van der Waals surface area contributed by atoms with Gasteiger partial charge in [0.2, 0.25) is 5.91 Å². The topological polar surface area (TPSA) is 58.6 Å². The van der Waals surface area contributed by atoms with Gasteiger partial charge in [0.15, 0.2) is 0 Å². The lowest BCUT2D eigenvalue weighted by molar-refractivity contribution is -0.119. The molecule has 2 atom stereocenters. The summed E-state index contributed by atoms with van der Waals surface area (Å²) in [5.41, 5.74) is 0. The number of thioether (sulfide) groups is 1. The third-order valence-corrected chi connectivity index (χ3v) is 3.77. The first-order valence-electron chi connectivity index (χ1n) is 5.79. The maximum absolute atomic E-state index is 11.4. The molecule has 0 aliphatic carbocycles. The molecule has 0 bridgehead atoms. The maximum Gasteiger partial charge on any atom is 0.230 e. The maximum atomic E-state index is 11.4. The second kappa shape index (κ2) is 7.92. The molecule has 5 heteroatoms. The van der Waals surface area contributed by atoms with Crippen molar-refractivity contribution < 1.29 is 14.6 Å². The Morgan fingerprint density at radius 2 is 2.50 bits per heavy atom. The normalized spacial score (nSPS) is 22.0. The largest absolute Gasteiger partial charge is 0.396 e. The standard InChI is InChI=1S/C11H21NO3S/c1-9(6-13)7-16-8-11(14)12-5-10-3-2-4-15-10/h9-10,13H,2-8H2,1H3,(H,12,14). The third kappa shape index (κ3) is 5.72. The van der Waals surface area contributed by atoms with Gasteiger partial charge >= 0.3 is 0 Å². The summed E-state index contributed by atoms with van der Waals surface area (Å²) in [4.78, 5) is 11.4. The van der Waals surface area contributed by atoms with Crippen LogP contribution in [0, 0.1) is 5.92 Å². The van der Waals surface area contributed by atoms with Crippen LogP contribution in [0.4, 0.5) is 0 Å². The Balaban J connectivity index is 1.97.